The van der Waals surface area contributed by atoms with Gasteiger partial charge in [-0.15, -0.1) is 0 Å². The third-order valence-electron chi connectivity index (χ3n) is 8.49. The summed E-state index contributed by atoms with van der Waals surface area (Å²) < 4.78 is 13.5. The number of ether oxygens (including phenoxy) is 2. The zero-order valence-electron chi connectivity index (χ0n) is 23.6. The minimum absolute atomic E-state index is 0.00386. The molecule has 3 aromatic rings. The Balaban J connectivity index is 1.29. The molecule has 3 aliphatic heterocycles. The van der Waals surface area contributed by atoms with Crippen molar-refractivity contribution in [3.8, 4) is 0 Å². The maximum atomic E-state index is 6.00. The molecule has 8 nitrogen and oxygen atoms in total. The summed E-state index contributed by atoms with van der Waals surface area (Å²) in [5.74, 6) is 0. The third-order valence-corrected chi connectivity index (χ3v) is 8.81. The number of hydrogen-bond donors (Lipinski definition) is 1. The largest absolute Gasteiger partial charge is 0.379 e. The number of benzene rings is 1. The molecule has 1 N–H and O–H groups in total. The lowest BCUT2D eigenvalue weighted by atomic mass is 9.96. The Labute approximate surface area is 242 Å². The Morgan fingerprint density at radius 2 is 1.60 bits per heavy atom. The Morgan fingerprint density at radius 1 is 0.900 bits per heavy atom. The van der Waals surface area contributed by atoms with E-state index >= 15 is 0 Å². The molecule has 3 saturated heterocycles. The summed E-state index contributed by atoms with van der Waals surface area (Å²) in [5, 5.41) is 4.36. The van der Waals surface area contributed by atoms with Gasteiger partial charge in [-0.2, -0.15) is 0 Å². The van der Waals surface area contributed by atoms with Gasteiger partial charge in [0.25, 0.3) is 0 Å². The molecule has 9 heteroatoms. The smallest absolute Gasteiger partial charge is 0.174 e. The second-order valence-corrected chi connectivity index (χ2v) is 11.3. The lowest BCUT2D eigenvalue weighted by molar-refractivity contribution is 0.0369. The first-order valence-electron chi connectivity index (χ1n) is 14.5. The van der Waals surface area contributed by atoms with E-state index < -0.39 is 0 Å². The van der Waals surface area contributed by atoms with E-state index in [1.807, 2.05) is 12.3 Å². The van der Waals surface area contributed by atoms with Gasteiger partial charge in [0.15, 0.2) is 5.11 Å². The van der Waals surface area contributed by atoms with Gasteiger partial charge in [-0.05, 0) is 80.5 Å². The van der Waals surface area contributed by atoms with Crippen LogP contribution in [0.2, 0.25) is 0 Å². The van der Waals surface area contributed by atoms with Crippen LogP contribution < -0.4 is 15.1 Å². The van der Waals surface area contributed by atoms with Crippen molar-refractivity contribution in [1.29, 1.82) is 0 Å². The highest BCUT2D eigenvalue weighted by Crippen LogP contribution is 2.43. The van der Waals surface area contributed by atoms with Gasteiger partial charge in [0, 0.05) is 68.2 Å². The molecule has 0 radical (unpaired) electrons. The SMILES string of the molecule is Cc1cc([C@H]2[C@@H](c3ccccn3)NC(=S)N2c2ccc(N3CCOCC3)cc2)c(C)n1CCCN1CCOCC1. The molecule has 0 spiro atoms. The molecule has 0 saturated carbocycles. The molecule has 6 rings (SSSR count). The Bertz CT molecular complexity index is 1290. The van der Waals surface area contributed by atoms with Gasteiger partial charge in [-0.3, -0.25) is 9.88 Å². The van der Waals surface area contributed by atoms with E-state index in [2.05, 4.69) is 80.9 Å². The van der Waals surface area contributed by atoms with Crippen molar-refractivity contribution >= 4 is 28.7 Å². The first-order chi connectivity index (χ1) is 19.6. The number of anilines is 2. The number of pyridine rings is 1. The fourth-order valence-electron chi connectivity index (χ4n) is 6.34. The fraction of sp³-hybridized carbons (Fsp3) is 0.484. The molecule has 1 aromatic carbocycles. The fourth-order valence-corrected chi connectivity index (χ4v) is 6.69. The molecule has 3 aliphatic rings. The second kappa shape index (κ2) is 12.3. The molecule has 2 atom stereocenters. The number of thiocarbonyl (C=S) groups is 1. The van der Waals surface area contributed by atoms with Gasteiger partial charge < -0.3 is 29.2 Å². The van der Waals surface area contributed by atoms with Crippen LogP contribution in [0.1, 0.15) is 41.1 Å². The Morgan fingerprint density at radius 3 is 2.30 bits per heavy atom. The van der Waals surface area contributed by atoms with Crippen LogP contribution in [0.4, 0.5) is 11.4 Å². The van der Waals surface area contributed by atoms with Crippen molar-refractivity contribution in [2.24, 2.45) is 0 Å². The minimum atomic E-state index is -0.0464. The van der Waals surface area contributed by atoms with Gasteiger partial charge in [-0.1, -0.05) is 6.07 Å². The second-order valence-electron chi connectivity index (χ2n) is 10.9. The number of aryl methyl sites for hydroxylation is 1. The molecule has 3 fully saturated rings. The van der Waals surface area contributed by atoms with Crippen LogP contribution in [0.25, 0.3) is 0 Å². The summed E-state index contributed by atoms with van der Waals surface area (Å²) >= 11 is 6.00. The summed E-state index contributed by atoms with van der Waals surface area (Å²) in [4.78, 5) is 11.9. The summed E-state index contributed by atoms with van der Waals surface area (Å²) in [6.07, 6.45) is 2.99. The molecule has 40 heavy (non-hydrogen) atoms. The first kappa shape index (κ1) is 27.2. The van der Waals surface area contributed by atoms with Crippen molar-refractivity contribution in [2.75, 3.05) is 69.0 Å². The predicted molar refractivity (Wildman–Crippen MR) is 163 cm³/mol. The highest BCUT2D eigenvalue weighted by Gasteiger charge is 2.42. The Kier molecular flexibility index (Phi) is 8.34. The Hall–Kier alpha value is -2.98. The zero-order valence-corrected chi connectivity index (χ0v) is 24.4. The predicted octanol–water partition coefficient (Wildman–Crippen LogP) is 4.24. The van der Waals surface area contributed by atoms with Gasteiger partial charge in [-0.25, -0.2) is 0 Å². The lowest BCUT2D eigenvalue weighted by Gasteiger charge is -2.31. The lowest BCUT2D eigenvalue weighted by Crippen LogP contribution is -2.37. The molecular formula is C31H40N6O2S. The van der Waals surface area contributed by atoms with Crippen molar-refractivity contribution in [1.82, 2.24) is 19.8 Å². The maximum Gasteiger partial charge on any atom is 0.174 e. The summed E-state index contributed by atoms with van der Waals surface area (Å²) in [7, 11) is 0. The van der Waals surface area contributed by atoms with Gasteiger partial charge in [0.05, 0.1) is 44.2 Å². The average molecular weight is 561 g/mol. The van der Waals surface area contributed by atoms with Crippen LogP contribution in [-0.4, -0.2) is 78.7 Å². The zero-order chi connectivity index (χ0) is 27.5. The molecule has 2 aromatic heterocycles. The van der Waals surface area contributed by atoms with E-state index in [4.69, 9.17) is 26.7 Å². The standard InChI is InChI=1S/C31H40N6O2S/c1-23-22-27(24(2)36(23)13-5-12-34-14-18-38-19-15-34)30-29(28-6-3-4-11-32-28)33-31(40)37(30)26-9-7-25(8-10-26)35-16-20-39-21-17-35/h3-4,6-11,22,29-30H,5,12-21H2,1-2H3,(H,33,40)/t29-,30+/m1/s1. The molecule has 0 unspecified atom stereocenters. The average Bonchev–Trinajstić information content (AvgIpc) is 3.49. The van der Waals surface area contributed by atoms with E-state index in [0.717, 1.165) is 88.6 Å². The van der Waals surface area contributed by atoms with Crippen LogP contribution in [0.15, 0.2) is 54.7 Å². The number of nitrogens with one attached hydrogen (secondary N) is 1. The minimum Gasteiger partial charge on any atom is -0.379 e. The monoisotopic (exact) mass is 560 g/mol. The summed E-state index contributed by atoms with van der Waals surface area (Å²) in [5.41, 5.74) is 7.20. The molecular weight excluding hydrogens is 520 g/mol. The maximum absolute atomic E-state index is 6.00. The molecule has 0 amide bonds. The highest BCUT2D eigenvalue weighted by atomic mass is 32.1. The number of rotatable bonds is 8. The van der Waals surface area contributed by atoms with Gasteiger partial charge in [0.1, 0.15) is 0 Å². The molecule has 0 bridgehead atoms. The van der Waals surface area contributed by atoms with E-state index in [1.165, 1.54) is 22.6 Å². The van der Waals surface area contributed by atoms with Crippen molar-refractivity contribution in [2.45, 2.75) is 38.9 Å². The van der Waals surface area contributed by atoms with E-state index in [0.29, 0.717) is 0 Å². The number of nitrogens with zero attached hydrogens (tertiary/aromatic N) is 5. The van der Waals surface area contributed by atoms with E-state index in [9.17, 15) is 0 Å². The van der Waals surface area contributed by atoms with Gasteiger partial charge in [0.2, 0.25) is 0 Å². The van der Waals surface area contributed by atoms with E-state index in [-0.39, 0.29) is 12.1 Å². The quantitative estimate of drug-likeness (QED) is 0.411. The summed E-state index contributed by atoms with van der Waals surface area (Å²) in [6.45, 7) is 13.7. The molecule has 212 valence electrons. The number of hydrogen-bond acceptors (Lipinski definition) is 6. The first-order valence-corrected chi connectivity index (χ1v) is 14.9. The summed E-state index contributed by atoms with van der Waals surface area (Å²) in [6, 6.07) is 17.3. The normalized spacial score (nSPS) is 22.1. The highest BCUT2D eigenvalue weighted by molar-refractivity contribution is 7.80. The topological polar surface area (TPSA) is 58.0 Å². The molecule has 0 aliphatic carbocycles. The van der Waals surface area contributed by atoms with E-state index in [1.54, 1.807) is 0 Å². The van der Waals surface area contributed by atoms with Crippen molar-refractivity contribution in [3.05, 3.63) is 77.4 Å². The van der Waals surface area contributed by atoms with Gasteiger partial charge >= 0.3 is 0 Å². The number of morpholine rings is 2. The van der Waals surface area contributed by atoms with Crippen LogP contribution >= 0.6 is 12.2 Å². The van der Waals surface area contributed by atoms with Crippen molar-refractivity contribution < 1.29 is 9.47 Å². The van der Waals surface area contributed by atoms with Crippen LogP contribution in [0.5, 0.6) is 0 Å². The van der Waals surface area contributed by atoms with Crippen LogP contribution in [0, 0.1) is 13.8 Å². The molecule has 5 heterocycles. The third kappa shape index (κ3) is 5.61. The van der Waals surface area contributed by atoms with Crippen LogP contribution in [0.3, 0.4) is 0 Å². The van der Waals surface area contributed by atoms with Crippen molar-refractivity contribution in [3.63, 3.8) is 0 Å². The van der Waals surface area contributed by atoms with Crippen LogP contribution in [-0.2, 0) is 16.0 Å². The number of aromatic nitrogens is 2.